The van der Waals surface area contributed by atoms with Crippen LogP contribution in [0.1, 0.15) is 74.9 Å². The number of likely N-dealkylation sites (N-methyl/N-ethyl adjacent to an activating group) is 1. The van der Waals surface area contributed by atoms with Gasteiger partial charge in [0, 0.05) is 18.8 Å². The summed E-state index contributed by atoms with van der Waals surface area (Å²) in [5.41, 5.74) is 11.0. The van der Waals surface area contributed by atoms with Gasteiger partial charge in [-0.25, -0.2) is 0 Å². The second-order valence-electron chi connectivity index (χ2n) is 8.47. The first-order valence-electron chi connectivity index (χ1n) is 12.6. The predicted molar refractivity (Wildman–Crippen MR) is 149 cm³/mol. The van der Waals surface area contributed by atoms with Crippen LogP contribution < -0.4 is 10.6 Å². The summed E-state index contributed by atoms with van der Waals surface area (Å²) in [6.07, 6.45) is 6.36. The number of halogens is 2. The molecule has 6 heteroatoms. The van der Waals surface area contributed by atoms with Gasteiger partial charge in [-0.3, -0.25) is 4.90 Å². The Bertz CT molecular complexity index is 808. The first kappa shape index (κ1) is 31.1. The minimum atomic E-state index is 0.382. The summed E-state index contributed by atoms with van der Waals surface area (Å²) in [7, 11) is 11.7. The van der Waals surface area contributed by atoms with Gasteiger partial charge in [-0.2, -0.15) is 17.7 Å². The molecule has 2 aromatic rings. The van der Waals surface area contributed by atoms with Crippen molar-refractivity contribution in [1.82, 2.24) is 4.90 Å². The fraction of sp³-hybridized carbons (Fsp3) is 0.571. The molecule has 0 bridgehead atoms. The zero-order valence-electron chi connectivity index (χ0n) is 22.1. The Morgan fingerprint density at radius 3 is 1.79 bits per heavy atom. The number of aryl methyl sites for hydroxylation is 6. The molecule has 0 saturated heterocycles. The van der Waals surface area contributed by atoms with E-state index in [1.54, 1.807) is 0 Å². The first-order valence-corrected chi connectivity index (χ1v) is 15.5. The molecule has 2 rings (SSSR count). The molecule has 0 aliphatic rings. The Balaban J connectivity index is 0.00000182. The van der Waals surface area contributed by atoms with Crippen LogP contribution in [0, 0.1) is 6.07 Å². The van der Waals surface area contributed by atoms with Gasteiger partial charge >= 0.3 is 33.2 Å². The topological polar surface area (TPSA) is 27.3 Å². The molecule has 0 atom stereocenters. The van der Waals surface area contributed by atoms with Gasteiger partial charge in [0.05, 0.1) is 6.67 Å². The SMILES string of the molecule is CCc1[c-]c(CC)c(NCN(C)CCNc2c(CC)cc(CC)cc2CC)c(CC)c1.[Cl][Co+][Cl]. The van der Waals surface area contributed by atoms with E-state index in [0.29, 0.717) is 12.9 Å². The van der Waals surface area contributed by atoms with Gasteiger partial charge < -0.3 is 10.6 Å². The molecular weight excluding hydrogens is 508 g/mol. The summed E-state index contributed by atoms with van der Waals surface area (Å²) in [6, 6.07) is 10.7. The molecule has 0 spiro atoms. The van der Waals surface area contributed by atoms with E-state index in [0.717, 1.165) is 58.3 Å². The van der Waals surface area contributed by atoms with Crippen molar-refractivity contribution in [3.8, 4) is 0 Å². The maximum atomic E-state index is 4.73. The second-order valence-corrected chi connectivity index (χ2v) is 10.2. The van der Waals surface area contributed by atoms with Gasteiger partial charge in [-0.1, -0.05) is 78.6 Å². The van der Waals surface area contributed by atoms with Crippen LogP contribution in [0.2, 0.25) is 0 Å². The van der Waals surface area contributed by atoms with Crippen molar-refractivity contribution < 1.29 is 12.9 Å². The normalized spacial score (nSPS) is 10.9. The van der Waals surface area contributed by atoms with Crippen molar-refractivity contribution in [2.45, 2.75) is 80.1 Å². The average molecular weight is 553 g/mol. The molecule has 0 fully saturated rings. The van der Waals surface area contributed by atoms with Crippen LogP contribution in [0.4, 0.5) is 11.4 Å². The van der Waals surface area contributed by atoms with Crippen LogP contribution in [-0.2, 0) is 51.4 Å². The van der Waals surface area contributed by atoms with Crippen molar-refractivity contribution in [3.05, 3.63) is 57.6 Å². The molecule has 194 valence electrons. The van der Waals surface area contributed by atoms with Crippen LogP contribution in [0.25, 0.3) is 0 Å². The number of hydrogen-bond acceptors (Lipinski definition) is 3. The van der Waals surface area contributed by atoms with Crippen molar-refractivity contribution in [1.29, 1.82) is 0 Å². The van der Waals surface area contributed by atoms with Crippen molar-refractivity contribution in [3.63, 3.8) is 0 Å². The quantitative estimate of drug-likeness (QED) is 0.198. The molecule has 0 aromatic heterocycles. The molecule has 0 radical (unpaired) electrons. The van der Waals surface area contributed by atoms with Gasteiger partial charge in [0.25, 0.3) is 0 Å². The van der Waals surface area contributed by atoms with E-state index in [2.05, 4.69) is 88.4 Å². The molecule has 34 heavy (non-hydrogen) atoms. The molecule has 0 aliphatic carbocycles. The van der Waals surface area contributed by atoms with Gasteiger partial charge in [-0.15, -0.1) is 11.1 Å². The first-order chi connectivity index (χ1) is 16.4. The molecule has 0 unspecified atom stereocenters. The monoisotopic (exact) mass is 551 g/mol. The molecule has 2 N–H and O–H groups in total. The molecule has 3 nitrogen and oxygen atoms in total. The Hall–Kier alpha value is -0.914. The molecular formula is C28H44Cl2CoN3. The number of nitrogens with one attached hydrogen (secondary N) is 2. The van der Waals surface area contributed by atoms with Crippen molar-refractivity contribution >= 4 is 31.7 Å². The van der Waals surface area contributed by atoms with Gasteiger partial charge in [0.15, 0.2) is 0 Å². The molecule has 0 aliphatic heterocycles. The van der Waals surface area contributed by atoms with E-state index in [4.69, 9.17) is 20.3 Å². The summed E-state index contributed by atoms with van der Waals surface area (Å²) < 4.78 is 0. The number of anilines is 2. The van der Waals surface area contributed by atoms with Gasteiger partial charge in [0.2, 0.25) is 0 Å². The third kappa shape index (κ3) is 9.62. The van der Waals surface area contributed by atoms with E-state index in [9.17, 15) is 0 Å². The van der Waals surface area contributed by atoms with Crippen LogP contribution >= 0.6 is 20.3 Å². The Kier molecular flexibility index (Phi) is 16.0. The average Bonchev–Trinajstić information content (AvgIpc) is 2.86. The van der Waals surface area contributed by atoms with Gasteiger partial charge in [0.1, 0.15) is 0 Å². The van der Waals surface area contributed by atoms with E-state index in [1.807, 2.05) is 0 Å². The summed E-state index contributed by atoms with van der Waals surface area (Å²) in [6.45, 7) is 16.2. The Labute approximate surface area is 223 Å². The number of benzene rings is 2. The predicted octanol–water partition coefficient (Wildman–Crippen LogP) is 7.65. The van der Waals surface area contributed by atoms with Gasteiger partial charge in [-0.05, 0) is 43.0 Å². The number of rotatable bonds is 13. The molecule has 0 heterocycles. The van der Waals surface area contributed by atoms with Crippen molar-refractivity contribution in [2.75, 3.05) is 37.4 Å². The molecule has 2 aromatic carbocycles. The van der Waals surface area contributed by atoms with Crippen LogP contribution in [0.3, 0.4) is 0 Å². The minimum absolute atomic E-state index is 0.382. The zero-order chi connectivity index (χ0) is 25.5. The zero-order valence-corrected chi connectivity index (χ0v) is 24.7. The van der Waals surface area contributed by atoms with Crippen molar-refractivity contribution in [2.24, 2.45) is 0 Å². The van der Waals surface area contributed by atoms with Crippen LogP contribution in [0.15, 0.2) is 18.2 Å². The summed E-state index contributed by atoms with van der Waals surface area (Å²) in [5, 5.41) is 7.46. The fourth-order valence-corrected chi connectivity index (χ4v) is 4.22. The molecule has 0 amide bonds. The van der Waals surface area contributed by atoms with Crippen LogP contribution in [-0.4, -0.2) is 31.7 Å². The van der Waals surface area contributed by atoms with E-state index in [-0.39, 0.29) is 0 Å². The van der Waals surface area contributed by atoms with E-state index in [1.165, 1.54) is 44.8 Å². The second kappa shape index (κ2) is 17.5. The Morgan fingerprint density at radius 1 is 0.765 bits per heavy atom. The molecule has 0 saturated carbocycles. The van der Waals surface area contributed by atoms with E-state index >= 15 is 0 Å². The number of nitrogens with zero attached hydrogens (tertiary/aromatic N) is 1. The summed E-state index contributed by atoms with van der Waals surface area (Å²) in [5.74, 6) is 0. The number of hydrogen-bond donors (Lipinski definition) is 2. The van der Waals surface area contributed by atoms with Crippen LogP contribution in [0.5, 0.6) is 0 Å². The maximum absolute atomic E-state index is 4.73. The Morgan fingerprint density at radius 2 is 1.32 bits per heavy atom. The summed E-state index contributed by atoms with van der Waals surface area (Å²) >= 11 is 0.382. The fourth-order valence-electron chi connectivity index (χ4n) is 4.22. The third-order valence-electron chi connectivity index (χ3n) is 6.25. The van der Waals surface area contributed by atoms with E-state index < -0.39 is 0 Å². The standard InChI is InChI=1S/C28H44N3.2ClH.Co/c1-8-21-16-23(10-3)27(24(11-4)17-21)29-14-15-31(7)20-30-28-25(12-5)18-22(9-2)19-26(28)13-6;;;/h16-18,29-30H,8-15,20H2,1-7H3;2*1H;/q-1;;;+3/p-2. The third-order valence-corrected chi connectivity index (χ3v) is 6.25. The summed E-state index contributed by atoms with van der Waals surface area (Å²) in [4.78, 5) is 2.36.